The van der Waals surface area contributed by atoms with Gasteiger partial charge in [-0.1, -0.05) is 16.8 Å². The van der Waals surface area contributed by atoms with Crippen molar-refractivity contribution in [1.82, 2.24) is 14.7 Å². The average molecular weight is 421 g/mol. The molecule has 29 heavy (non-hydrogen) atoms. The van der Waals surface area contributed by atoms with E-state index in [9.17, 15) is 14.4 Å². The number of aryl methyl sites for hydroxylation is 1. The number of amides is 1. The molecule has 11 heteroatoms. The highest BCUT2D eigenvalue weighted by Crippen LogP contribution is 2.30. The second-order valence-corrected chi connectivity index (χ2v) is 6.37. The molecular formula is C18H17ClN4O6. The first kappa shape index (κ1) is 20.3. The minimum absolute atomic E-state index is 0.104. The Bertz CT molecular complexity index is 1150. The third-order valence-corrected chi connectivity index (χ3v) is 4.41. The van der Waals surface area contributed by atoms with Crippen LogP contribution >= 0.6 is 11.6 Å². The number of hydrogen-bond acceptors (Lipinski definition) is 8. The maximum Gasteiger partial charge on any atom is 0.361 e. The Morgan fingerprint density at radius 2 is 2.10 bits per heavy atom. The summed E-state index contributed by atoms with van der Waals surface area (Å²) in [5, 5.41) is 6.55. The first-order valence-corrected chi connectivity index (χ1v) is 8.89. The largest absolute Gasteiger partial charge is 0.495 e. The number of methoxy groups -OCH3 is 1. The highest BCUT2D eigenvalue weighted by molar-refractivity contribution is 6.31. The molecule has 1 N–H and O–H groups in total. The van der Waals surface area contributed by atoms with E-state index in [0.717, 1.165) is 16.5 Å². The SMILES string of the molecule is CCOC(=O)c1noc2ncn(CC(=O)Nc3cc(C)c(Cl)cc3OC)c(=O)c12. The number of hydrogen-bond donors (Lipinski definition) is 1. The van der Waals surface area contributed by atoms with Gasteiger partial charge < -0.3 is 19.3 Å². The van der Waals surface area contributed by atoms with Crippen LogP contribution in [0, 0.1) is 6.92 Å². The summed E-state index contributed by atoms with van der Waals surface area (Å²) in [4.78, 5) is 41.1. The summed E-state index contributed by atoms with van der Waals surface area (Å²) in [5.74, 6) is -0.949. The van der Waals surface area contributed by atoms with Crippen molar-refractivity contribution in [3.8, 4) is 5.75 Å². The highest BCUT2D eigenvalue weighted by Gasteiger charge is 2.23. The summed E-state index contributed by atoms with van der Waals surface area (Å²) in [5.41, 5.74) is 0.0766. The second-order valence-electron chi connectivity index (χ2n) is 5.96. The van der Waals surface area contributed by atoms with Crippen molar-refractivity contribution in [2.75, 3.05) is 19.0 Å². The standard InChI is InChI=1S/C18H17ClN4O6/c1-4-28-18(26)15-14-16(29-22-15)20-8-23(17(14)25)7-13(24)21-11-5-9(2)10(19)6-12(11)27-3/h5-6,8H,4,7H2,1-3H3,(H,21,24). The minimum Gasteiger partial charge on any atom is -0.495 e. The van der Waals surface area contributed by atoms with Gasteiger partial charge in [0.2, 0.25) is 11.6 Å². The van der Waals surface area contributed by atoms with E-state index in [1.54, 1.807) is 26.0 Å². The Hall–Kier alpha value is -3.40. The lowest BCUT2D eigenvalue weighted by molar-refractivity contribution is -0.116. The lowest BCUT2D eigenvalue weighted by atomic mass is 10.2. The van der Waals surface area contributed by atoms with Crippen LogP contribution in [0.3, 0.4) is 0 Å². The minimum atomic E-state index is -0.811. The van der Waals surface area contributed by atoms with E-state index in [4.69, 9.17) is 25.6 Å². The molecule has 0 radical (unpaired) electrons. The monoisotopic (exact) mass is 420 g/mol. The number of benzene rings is 1. The topological polar surface area (TPSA) is 126 Å². The normalized spacial score (nSPS) is 10.8. The van der Waals surface area contributed by atoms with Gasteiger partial charge in [-0.05, 0) is 25.5 Å². The maximum absolute atomic E-state index is 12.7. The van der Waals surface area contributed by atoms with Crippen LogP contribution in [0.5, 0.6) is 5.75 Å². The van der Waals surface area contributed by atoms with Crippen molar-refractivity contribution < 1.29 is 23.6 Å². The smallest absolute Gasteiger partial charge is 0.361 e. The first-order valence-electron chi connectivity index (χ1n) is 8.51. The average Bonchev–Trinajstić information content (AvgIpc) is 3.12. The molecular weight excluding hydrogens is 404 g/mol. The van der Waals surface area contributed by atoms with Gasteiger partial charge in [0.05, 0.1) is 19.4 Å². The van der Waals surface area contributed by atoms with Crippen LogP contribution < -0.4 is 15.6 Å². The number of nitrogens with zero attached hydrogens (tertiary/aromatic N) is 3. The molecule has 1 aromatic carbocycles. The van der Waals surface area contributed by atoms with Crippen molar-refractivity contribution in [3.63, 3.8) is 0 Å². The summed E-state index contributed by atoms with van der Waals surface area (Å²) in [6.07, 6.45) is 1.13. The summed E-state index contributed by atoms with van der Waals surface area (Å²) in [7, 11) is 1.45. The lowest BCUT2D eigenvalue weighted by Crippen LogP contribution is -2.28. The van der Waals surface area contributed by atoms with E-state index >= 15 is 0 Å². The van der Waals surface area contributed by atoms with Crippen LogP contribution in [0.4, 0.5) is 5.69 Å². The van der Waals surface area contributed by atoms with Crippen molar-refractivity contribution in [3.05, 3.63) is 45.1 Å². The number of carbonyl (C=O) groups is 2. The Balaban J connectivity index is 1.89. The second kappa shape index (κ2) is 8.31. The van der Waals surface area contributed by atoms with Gasteiger partial charge in [0.15, 0.2) is 0 Å². The fourth-order valence-corrected chi connectivity index (χ4v) is 2.76. The van der Waals surface area contributed by atoms with E-state index in [1.165, 1.54) is 7.11 Å². The molecule has 0 fully saturated rings. The van der Waals surface area contributed by atoms with Crippen LogP contribution in [0.15, 0.2) is 27.8 Å². The van der Waals surface area contributed by atoms with Gasteiger partial charge >= 0.3 is 5.97 Å². The summed E-state index contributed by atoms with van der Waals surface area (Å²) < 4.78 is 16.0. The van der Waals surface area contributed by atoms with Gasteiger partial charge in [-0.25, -0.2) is 9.78 Å². The van der Waals surface area contributed by atoms with Gasteiger partial charge in [0, 0.05) is 11.1 Å². The summed E-state index contributed by atoms with van der Waals surface area (Å²) >= 11 is 6.06. The van der Waals surface area contributed by atoms with E-state index in [1.807, 2.05) is 0 Å². The van der Waals surface area contributed by atoms with Crippen LogP contribution in [0.1, 0.15) is 23.0 Å². The Kier molecular flexibility index (Phi) is 5.83. The van der Waals surface area contributed by atoms with Crippen LogP contribution in [-0.2, 0) is 16.1 Å². The number of esters is 1. The predicted octanol–water partition coefficient (Wildman–Crippen LogP) is 2.17. The Morgan fingerprint density at radius 1 is 1.34 bits per heavy atom. The number of ether oxygens (including phenoxy) is 2. The van der Waals surface area contributed by atoms with Gasteiger partial charge in [0.1, 0.15) is 24.0 Å². The molecule has 0 unspecified atom stereocenters. The van der Waals surface area contributed by atoms with E-state index < -0.39 is 17.4 Å². The van der Waals surface area contributed by atoms with Crippen LogP contribution in [0.2, 0.25) is 5.02 Å². The number of nitrogens with one attached hydrogen (secondary N) is 1. The van der Waals surface area contributed by atoms with E-state index in [0.29, 0.717) is 16.5 Å². The van der Waals surface area contributed by atoms with Gasteiger partial charge in [0.25, 0.3) is 11.3 Å². The zero-order chi connectivity index (χ0) is 21.1. The Labute approximate surface area is 169 Å². The first-order chi connectivity index (χ1) is 13.8. The lowest BCUT2D eigenvalue weighted by Gasteiger charge is -2.12. The fraction of sp³-hybridized carbons (Fsp3) is 0.278. The zero-order valence-electron chi connectivity index (χ0n) is 15.8. The number of anilines is 1. The van der Waals surface area contributed by atoms with Crippen molar-refractivity contribution in [2.45, 2.75) is 20.4 Å². The molecule has 0 bridgehead atoms. The molecule has 0 saturated carbocycles. The van der Waals surface area contributed by atoms with E-state index in [2.05, 4.69) is 15.5 Å². The summed E-state index contributed by atoms with van der Waals surface area (Å²) in [6.45, 7) is 3.14. The third kappa shape index (κ3) is 4.06. The molecule has 0 aliphatic heterocycles. The third-order valence-electron chi connectivity index (χ3n) is 4.00. The molecule has 1 amide bonds. The quantitative estimate of drug-likeness (QED) is 0.601. The van der Waals surface area contributed by atoms with Gasteiger partial charge in [-0.2, -0.15) is 0 Å². The molecule has 2 aromatic heterocycles. The molecule has 10 nitrogen and oxygen atoms in total. The molecule has 0 aliphatic carbocycles. The number of carbonyl (C=O) groups excluding carboxylic acids is 2. The molecule has 3 aromatic rings. The van der Waals surface area contributed by atoms with Crippen molar-refractivity contribution >= 4 is 40.3 Å². The predicted molar refractivity (Wildman–Crippen MR) is 103 cm³/mol. The number of halogens is 1. The summed E-state index contributed by atoms with van der Waals surface area (Å²) in [6, 6.07) is 3.23. The Morgan fingerprint density at radius 3 is 2.79 bits per heavy atom. The van der Waals surface area contributed by atoms with Gasteiger partial charge in [-0.3, -0.25) is 14.2 Å². The molecule has 0 spiro atoms. The van der Waals surface area contributed by atoms with Crippen molar-refractivity contribution in [1.29, 1.82) is 0 Å². The van der Waals surface area contributed by atoms with Crippen LogP contribution in [-0.4, -0.2) is 40.3 Å². The van der Waals surface area contributed by atoms with Crippen molar-refractivity contribution in [2.24, 2.45) is 0 Å². The van der Waals surface area contributed by atoms with Gasteiger partial charge in [-0.15, -0.1) is 0 Å². The van der Waals surface area contributed by atoms with E-state index in [-0.39, 0.29) is 29.9 Å². The number of aromatic nitrogens is 3. The van der Waals surface area contributed by atoms with Crippen LogP contribution in [0.25, 0.3) is 11.1 Å². The highest BCUT2D eigenvalue weighted by atomic mass is 35.5. The molecule has 3 rings (SSSR count). The maximum atomic E-state index is 12.7. The zero-order valence-corrected chi connectivity index (χ0v) is 16.6. The number of fused-ring (bicyclic) bond motifs is 1. The molecule has 0 saturated heterocycles. The fourth-order valence-electron chi connectivity index (χ4n) is 2.61. The molecule has 0 atom stereocenters. The molecule has 2 heterocycles. The molecule has 152 valence electrons. The molecule has 0 aliphatic rings. The number of rotatable bonds is 6.